The summed E-state index contributed by atoms with van der Waals surface area (Å²) >= 11 is 0. The summed E-state index contributed by atoms with van der Waals surface area (Å²) in [6.45, 7) is 6.04. The molecule has 4 nitrogen and oxygen atoms in total. The SMILES string of the molecule is CCN([C@H](CO)CC(C)C)S(=O)(=O)c1ccccc1. The summed E-state index contributed by atoms with van der Waals surface area (Å²) in [7, 11) is -3.53. The summed E-state index contributed by atoms with van der Waals surface area (Å²) in [6, 6.07) is 8.00. The lowest BCUT2D eigenvalue weighted by atomic mass is 10.0. The summed E-state index contributed by atoms with van der Waals surface area (Å²) in [5, 5.41) is 9.48. The molecule has 0 bridgehead atoms. The van der Waals surface area contributed by atoms with Crippen molar-refractivity contribution in [3.63, 3.8) is 0 Å². The molecule has 0 amide bonds. The second-order valence-electron chi connectivity index (χ2n) is 4.99. The van der Waals surface area contributed by atoms with Gasteiger partial charge in [-0.3, -0.25) is 0 Å². The topological polar surface area (TPSA) is 57.6 Å². The van der Waals surface area contributed by atoms with E-state index in [4.69, 9.17) is 0 Å². The lowest BCUT2D eigenvalue weighted by Crippen LogP contribution is -2.43. The molecule has 0 radical (unpaired) electrons. The molecular weight excluding hydrogens is 262 g/mol. The fourth-order valence-corrected chi connectivity index (χ4v) is 3.84. The van der Waals surface area contributed by atoms with Gasteiger partial charge in [0.05, 0.1) is 11.5 Å². The van der Waals surface area contributed by atoms with E-state index >= 15 is 0 Å². The summed E-state index contributed by atoms with van der Waals surface area (Å²) in [5.74, 6) is 0.331. The summed E-state index contributed by atoms with van der Waals surface area (Å²) in [4.78, 5) is 0.277. The molecule has 0 spiro atoms. The zero-order chi connectivity index (χ0) is 14.5. The first-order chi connectivity index (χ1) is 8.93. The second-order valence-corrected chi connectivity index (χ2v) is 6.88. The van der Waals surface area contributed by atoms with E-state index in [0.717, 1.165) is 0 Å². The van der Waals surface area contributed by atoms with Crippen LogP contribution in [0.2, 0.25) is 0 Å². The smallest absolute Gasteiger partial charge is 0.243 e. The maximum absolute atomic E-state index is 12.6. The van der Waals surface area contributed by atoms with Crippen LogP contribution in [0.1, 0.15) is 27.2 Å². The predicted octanol–water partition coefficient (Wildman–Crippen LogP) is 2.10. The van der Waals surface area contributed by atoms with Crippen molar-refractivity contribution in [3.05, 3.63) is 30.3 Å². The van der Waals surface area contributed by atoms with Crippen LogP contribution in [0.5, 0.6) is 0 Å². The fraction of sp³-hybridized carbons (Fsp3) is 0.571. The quantitative estimate of drug-likeness (QED) is 0.834. The van der Waals surface area contributed by atoms with Gasteiger partial charge in [0.2, 0.25) is 10.0 Å². The molecule has 108 valence electrons. The lowest BCUT2D eigenvalue weighted by molar-refractivity contribution is 0.171. The number of rotatable bonds is 7. The number of aliphatic hydroxyl groups is 1. The highest BCUT2D eigenvalue weighted by Gasteiger charge is 2.29. The van der Waals surface area contributed by atoms with Crippen molar-refractivity contribution in [2.24, 2.45) is 5.92 Å². The van der Waals surface area contributed by atoms with E-state index in [1.165, 1.54) is 4.31 Å². The Morgan fingerprint density at radius 3 is 2.21 bits per heavy atom. The van der Waals surface area contributed by atoms with Crippen LogP contribution in [-0.2, 0) is 10.0 Å². The van der Waals surface area contributed by atoms with Crippen LogP contribution >= 0.6 is 0 Å². The van der Waals surface area contributed by atoms with E-state index in [9.17, 15) is 13.5 Å². The van der Waals surface area contributed by atoms with E-state index in [1.54, 1.807) is 37.3 Å². The first-order valence-electron chi connectivity index (χ1n) is 6.61. The van der Waals surface area contributed by atoms with Crippen molar-refractivity contribution in [1.29, 1.82) is 0 Å². The molecule has 1 aromatic carbocycles. The van der Waals surface area contributed by atoms with Gasteiger partial charge in [-0.15, -0.1) is 0 Å². The van der Waals surface area contributed by atoms with Crippen molar-refractivity contribution in [3.8, 4) is 0 Å². The minimum absolute atomic E-state index is 0.155. The number of hydrogen-bond donors (Lipinski definition) is 1. The minimum Gasteiger partial charge on any atom is -0.395 e. The van der Waals surface area contributed by atoms with Gasteiger partial charge in [0, 0.05) is 12.6 Å². The molecule has 1 atom stereocenters. The molecule has 0 fully saturated rings. The average Bonchev–Trinajstić information content (AvgIpc) is 2.38. The van der Waals surface area contributed by atoms with E-state index in [2.05, 4.69) is 0 Å². The Morgan fingerprint density at radius 2 is 1.79 bits per heavy atom. The second kappa shape index (κ2) is 7.03. The van der Waals surface area contributed by atoms with E-state index in [-0.39, 0.29) is 17.5 Å². The Kier molecular flexibility index (Phi) is 5.97. The van der Waals surface area contributed by atoms with Gasteiger partial charge >= 0.3 is 0 Å². The molecule has 0 unspecified atom stereocenters. The van der Waals surface area contributed by atoms with Crippen molar-refractivity contribution in [2.45, 2.75) is 38.1 Å². The summed E-state index contributed by atoms with van der Waals surface area (Å²) < 4.78 is 26.5. The molecule has 5 heteroatoms. The average molecular weight is 285 g/mol. The highest BCUT2D eigenvalue weighted by atomic mass is 32.2. The van der Waals surface area contributed by atoms with Crippen LogP contribution in [0, 0.1) is 5.92 Å². The molecular formula is C14H23NO3S. The molecule has 0 aromatic heterocycles. The molecule has 0 saturated carbocycles. The molecule has 0 aliphatic rings. The zero-order valence-electron chi connectivity index (χ0n) is 11.8. The van der Waals surface area contributed by atoms with Gasteiger partial charge in [0.1, 0.15) is 0 Å². The van der Waals surface area contributed by atoms with Crippen molar-refractivity contribution < 1.29 is 13.5 Å². The molecule has 0 saturated heterocycles. The number of likely N-dealkylation sites (N-methyl/N-ethyl adjacent to an activating group) is 1. The van der Waals surface area contributed by atoms with Crippen molar-refractivity contribution in [2.75, 3.05) is 13.2 Å². The van der Waals surface area contributed by atoms with E-state index < -0.39 is 10.0 Å². The van der Waals surface area contributed by atoms with E-state index in [0.29, 0.717) is 18.9 Å². The monoisotopic (exact) mass is 285 g/mol. The summed E-state index contributed by atoms with van der Waals surface area (Å²) in [6.07, 6.45) is 0.649. The van der Waals surface area contributed by atoms with Crippen molar-refractivity contribution in [1.82, 2.24) is 4.31 Å². The fourth-order valence-electron chi connectivity index (χ4n) is 2.18. The molecule has 1 N–H and O–H groups in total. The van der Waals surface area contributed by atoms with Crippen LogP contribution in [-0.4, -0.2) is 37.0 Å². The predicted molar refractivity (Wildman–Crippen MR) is 76.3 cm³/mol. The van der Waals surface area contributed by atoms with Gasteiger partial charge in [0.25, 0.3) is 0 Å². The number of aliphatic hydroxyl groups excluding tert-OH is 1. The van der Waals surface area contributed by atoms with Crippen LogP contribution in [0.25, 0.3) is 0 Å². The highest BCUT2D eigenvalue weighted by Crippen LogP contribution is 2.21. The normalized spacial score (nSPS) is 14.0. The van der Waals surface area contributed by atoms with Gasteiger partial charge in [-0.1, -0.05) is 39.0 Å². The molecule has 0 aliphatic carbocycles. The third kappa shape index (κ3) is 4.03. The minimum atomic E-state index is -3.53. The molecule has 0 heterocycles. The Bertz CT molecular complexity index is 471. The summed E-state index contributed by atoms with van der Waals surface area (Å²) in [5.41, 5.74) is 0. The first kappa shape index (κ1) is 16.1. The third-order valence-electron chi connectivity index (χ3n) is 3.02. The maximum Gasteiger partial charge on any atom is 0.243 e. The molecule has 1 aromatic rings. The maximum atomic E-state index is 12.6. The highest BCUT2D eigenvalue weighted by molar-refractivity contribution is 7.89. The third-order valence-corrected chi connectivity index (χ3v) is 5.06. The Hall–Kier alpha value is -0.910. The van der Waals surface area contributed by atoms with E-state index in [1.807, 2.05) is 13.8 Å². The van der Waals surface area contributed by atoms with Gasteiger partial charge in [0.15, 0.2) is 0 Å². The number of nitrogens with zero attached hydrogens (tertiary/aromatic N) is 1. The Labute approximate surface area is 116 Å². The lowest BCUT2D eigenvalue weighted by Gasteiger charge is -2.29. The molecule has 1 rings (SSSR count). The van der Waals surface area contributed by atoms with Gasteiger partial charge in [-0.2, -0.15) is 4.31 Å². The zero-order valence-corrected chi connectivity index (χ0v) is 12.6. The van der Waals surface area contributed by atoms with Crippen LogP contribution in [0.3, 0.4) is 0 Å². The number of hydrogen-bond acceptors (Lipinski definition) is 3. The van der Waals surface area contributed by atoms with Crippen LogP contribution < -0.4 is 0 Å². The van der Waals surface area contributed by atoms with Crippen LogP contribution in [0.15, 0.2) is 35.2 Å². The largest absolute Gasteiger partial charge is 0.395 e. The van der Waals surface area contributed by atoms with Gasteiger partial charge < -0.3 is 5.11 Å². The molecule has 19 heavy (non-hydrogen) atoms. The number of benzene rings is 1. The Balaban J connectivity index is 3.07. The standard InChI is InChI=1S/C14H23NO3S/c1-4-15(13(11-16)10-12(2)3)19(17,18)14-8-6-5-7-9-14/h5-9,12-13,16H,4,10-11H2,1-3H3/t13-/m0/s1. The Morgan fingerprint density at radius 1 is 1.21 bits per heavy atom. The number of sulfonamides is 1. The molecule has 0 aliphatic heterocycles. The first-order valence-corrected chi connectivity index (χ1v) is 8.05. The van der Waals surface area contributed by atoms with Crippen molar-refractivity contribution >= 4 is 10.0 Å². The van der Waals surface area contributed by atoms with Gasteiger partial charge in [-0.05, 0) is 24.5 Å². The van der Waals surface area contributed by atoms with Crippen LogP contribution in [0.4, 0.5) is 0 Å². The van der Waals surface area contributed by atoms with Gasteiger partial charge in [-0.25, -0.2) is 8.42 Å².